The highest BCUT2D eigenvalue weighted by molar-refractivity contribution is 6.32. The highest BCUT2D eigenvalue weighted by atomic mass is 35.5. The first-order valence-electron chi connectivity index (χ1n) is 11.1. The molecule has 1 heterocycles. The van der Waals surface area contributed by atoms with Crippen LogP contribution >= 0.6 is 11.6 Å². The van der Waals surface area contributed by atoms with E-state index in [0.29, 0.717) is 28.7 Å². The van der Waals surface area contributed by atoms with Crippen molar-refractivity contribution in [2.45, 2.75) is 64.3 Å². The van der Waals surface area contributed by atoms with Gasteiger partial charge in [0.1, 0.15) is 5.75 Å². The van der Waals surface area contributed by atoms with E-state index in [4.69, 9.17) is 21.4 Å². The Bertz CT molecular complexity index is 905. The molecule has 31 heavy (non-hydrogen) atoms. The van der Waals surface area contributed by atoms with Gasteiger partial charge in [0.25, 0.3) is 0 Å². The van der Waals surface area contributed by atoms with E-state index < -0.39 is 11.5 Å². The van der Waals surface area contributed by atoms with Crippen molar-refractivity contribution in [3.05, 3.63) is 40.6 Å². The van der Waals surface area contributed by atoms with Crippen LogP contribution in [0.5, 0.6) is 5.75 Å². The van der Waals surface area contributed by atoms with Crippen LogP contribution in [0.1, 0.15) is 64.4 Å². The number of fused-ring (bicyclic) bond motifs is 1. The number of ether oxygens (including phenoxy) is 1. The van der Waals surface area contributed by atoms with E-state index in [-0.39, 0.29) is 19.0 Å². The van der Waals surface area contributed by atoms with Gasteiger partial charge >= 0.3 is 12.0 Å². The number of nitrogens with one attached hydrogen (secondary N) is 1. The minimum atomic E-state index is -0.917. The molecule has 0 bridgehead atoms. The first-order chi connectivity index (χ1) is 14.7. The summed E-state index contributed by atoms with van der Waals surface area (Å²) in [5.74, 6) is 0.337. The number of hydrogen-bond donors (Lipinski definition) is 2. The Morgan fingerprint density at radius 1 is 1.32 bits per heavy atom. The first kappa shape index (κ1) is 22.0. The van der Waals surface area contributed by atoms with Gasteiger partial charge in [0.15, 0.2) is 0 Å². The zero-order valence-electron chi connectivity index (χ0n) is 18.2. The average molecular weight is 447 g/mol. The van der Waals surface area contributed by atoms with Gasteiger partial charge in [-0.2, -0.15) is 0 Å². The molecular formula is C24H31ClN2O4. The fraction of sp³-hybridized carbons (Fsp3) is 0.583. The number of amides is 2. The number of hydrogen-bond acceptors (Lipinski definition) is 3. The molecule has 2 aliphatic carbocycles. The molecule has 168 valence electrons. The summed E-state index contributed by atoms with van der Waals surface area (Å²) in [6.07, 6.45) is 7.80. The Morgan fingerprint density at radius 3 is 2.77 bits per heavy atom. The number of carbonyl (C=O) groups excluding carboxylic acids is 1. The van der Waals surface area contributed by atoms with Gasteiger partial charge in [0.05, 0.1) is 23.6 Å². The van der Waals surface area contributed by atoms with Crippen molar-refractivity contribution in [1.29, 1.82) is 0 Å². The molecule has 2 amide bonds. The van der Waals surface area contributed by atoms with Crippen LogP contribution in [-0.4, -0.2) is 35.2 Å². The third-order valence-corrected chi connectivity index (χ3v) is 7.13. The number of aliphatic carboxylic acids is 1. The van der Waals surface area contributed by atoms with Gasteiger partial charge < -0.3 is 20.1 Å². The van der Waals surface area contributed by atoms with Crippen LogP contribution < -0.4 is 10.1 Å². The number of carbonyl (C=O) groups is 2. The lowest BCUT2D eigenvalue weighted by molar-refractivity contribution is -0.137. The van der Waals surface area contributed by atoms with Crippen LogP contribution in [0.4, 0.5) is 4.79 Å². The predicted molar refractivity (Wildman–Crippen MR) is 119 cm³/mol. The lowest BCUT2D eigenvalue weighted by atomic mass is 9.65. The van der Waals surface area contributed by atoms with Gasteiger partial charge in [0.2, 0.25) is 0 Å². The van der Waals surface area contributed by atoms with E-state index >= 15 is 0 Å². The lowest BCUT2D eigenvalue weighted by Gasteiger charge is -2.45. The third kappa shape index (κ3) is 4.54. The summed E-state index contributed by atoms with van der Waals surface area (Å²) in [7, 11) is 0. The van der Waals surface area contributed by atoms with E-state index in [1.54, 1.807) is 0 Å². The fourth-order valence-corrected chi connectivity index (χ4v) is 5.63. The SMILES string of the molecule is CC1(C)CC(COc2ccc(C34CCCCC3=CN(CCC(=O)O)C(=O)N4)cc2Cl)C1. The number of nitrogens with zero attached hydrogens (tertiary/aromatic N) is 1. The van der Waals surface area contributed by atoms with Crippen molar-refractivity contribution in [2.24, 2.45) is 11.3 Å². The second-order valence-corrected chi connectivity index (χ2v) is 10.3. The second-order valence-electron chi connectivity index (χ2n) is 9.93. The number of rotatable bonds is 7. The molecule has 6 nitrogen and oxygen atoms in total. The molecule has 7 heteroatoms. The minimum absolute atomic E-state index is 0.0831. The smallest absolute Gasteiger partial charge is 0.322 e. The van der Waals surface area contributed by atoms with Gasteiger partial charge in [-0.3, -0.25) is 4.79 Å². The Kier molecular flexibility index (Phi) is 5.95. The highest BCUT2D eigenvalue weighted by Crippen LogP contribution is 2.46. The molecule has 1 aromatic carbocycles. The zero-order chi connectivity index (χ0) is 22.2. The van der Waals surface area contributed by atoms with Crippen LogP contribution in [-0.2, 0) is 10.3 Å². The standard InChI is InChI=1S/C24H31ClN2O4/c1-23(2)12-16(13-23)15-31-20-7-6-17(11-19(20)25)24-9-4-3-5-18(24)14-27(22(30)26-24)10-8-21(28)29/h6-7,11,14,16H,3-5,8-10,12-13,15H2,1-2H3,(H,26,30)(H,28,29). The van der Waals surface area contributed by atoms with Gasteiger partial charge in [-0.15, -0.1) is 0 Å². The molecule has 3 aliphatic rings. The van der Waals surface area contributed by atoms with Crippen molar-refractivity contribution < 1.29 is 19.4 Å². The summed E-state index contributed by atoms with van der Waals surface area (Å²) in [5.41, 5.74) is 1.88. The van der Waals surface area contributed by atoms with Crippen molar-refractivity contribution in [1.82, 2.24) is 10.2 Å². The molecule has 1 atom stereocenters. The molecule has 0 saturated heterocycles. The van der Waals surface area contributed by atoms with Crippen LogP contribution in [0.25, 0.3) is 0 Å². The Hall–Kier alpha value is -2.21. The third-order valence-electron chi connectivity index (χ3n) is 6.84. The van der Waals surface area contributed by atoms with Crippen molar-refractivity contribution in [3.63, 3.8) is 0 Å². The number of halogens is 1. The summed E-state index contributed by atoms with van der Waals surface area (Å²) in [6.45, 7) is 5.39. The monoisotopic (exact) mass is 446 g/mol. The summed E-state index contributed by atoms with van der Waals surface area (Å²) < 4.78 is 6.00. The summed E-state index contributed by atoms with van der Waals surface area (Å²) >= 11 is 6.59. The molecular weight excluding hydrogens is 416 g/mol. The number of carboxylic acids is 1. The van der Waals surface area contributed by atoms with Gasteiger partial charge in [-0.05, 0) is 66.7 Å². The van der Waals surface area contributed by atoms with E-state index in [2.05, 4.69) is 19.2 Å². The zero-order valence-corrected chi connectivity index (χ0v) is 19.0. The second kappa shape index (κ2) is 8.38. The summed E-state index contributed by atoms with van der Waals surface area (Å²) in [5, 5.41) is 12.7. The number of carboxylic acid groups (broad SMARTS) is 1. The fourth-order valence-electron chi connectivity index (χ4n) is 5.39. The molecule has 1 unspecified atom stereocenters. The molecule has 0 aromatic heterocycles. The molecule has 0 spiro atoms. The Labute approximate surface area is 188 Å². The minimum Gasteiger partial charge on any atom is -0.492 e. The largest absolute Gasteiger partial charge is 0.492 e. The first-order valence-corrected chi connectivity index (χ1v) is 11.5. The van der Waals surface area contributed by atoms with Crippen molar-refractivity contribution in [3.8, 4) is 5.75 Å². The lowest BCUT2D eigenvalue weighted by Crippen LogP contribution is -2.56. The maximum atomic E-state index is 12.8. The molecule has 1 aromatic rings. The normalized spacial score (nSPS) is 25.2. The maximum Gasteiger partial charge on any atom is 0.322 e. The van der Waals surface area contributed by atoms with E-state index in [0.717, 1.165) is 36.8 Å². The highest BCUT2D eigenvalue weighted by Gasteiger charge is 2.44. The molecule has 2 fully saturated rings. The van der Waals surface area contributed by atoms with Gasteiger partial charge in [-0.1, -0.05) is 37.9 Å². The Balaban J connectivity index is 1.52. The van der Waals surface area contributed by atoms with Gasteiger partial charge in [-0.25, -0.2) is 4.79 Å². The number of benzene rings is 1. The van der Waals surface area contributed by atoms with Crippen molar-refractivity contribution >= 4 is 23.6 Å². The van der Waals surface area contributed by atoms with E-state index in [1.165, 1.54) is 17.7 Å². The summed E-state index contributed by atoms with van der Waals surface area (Å²) in [4.78, 5) is 25.2. The quantitative estimate of drug-likeness (QED) is 0.595. The van der Waals surface area contributed by atoms with Crippen LogP contribution in [0, 0.1) is 11.3 Å². The molecule has 2 N–H and O–H groups in total. The molecule has 4 rings (SSSR count). The average Bonchev–Trinajstić information content (AvgIpc) is 2.69. The molecule has 1 aliphatic heterocycles. The maximum absolute atomic E-state index is 12.8. The summed E-state index contributed by atoms with van der Waals surface area (Å²) in [6, 6.07) is 5.55. The van der Waals surface area contributed by atoms with Crippen LogP contribution in [0.15, 0.2) is 30.0 Å². The molecule has 0 radical (unpaired) electrons. The topological polar surface area (TPSA) is 78.9 Å². The van der Waals surface area contributed by atoms with Crippen LogP contribution in [0.2, 0.25) is 5.02 Å². The Morgan fingerprint density at radius 2 is 2.10 bits per heavy atom. The number of urea groups is 1. The van der Waals surface area contributed by atoms with E-state index in [9.17, 15) is 9.59 Å². The van der Waals surface area contributed by atoms with Crippen molar-refractivity contribution in [2.75, 3.05) is 13.2 Å². The predicted octanol–water partition coefficient (Wildman–Crippen LogP) is 5.31. The molecule has 2 saturated carbocycles. The van der Waals surface area contributed by atoms with Crippen LogP contribution in [0.3, 0.4) is 0 Å². The van der Waals surface area contributed by atoms with Gasteiger partial charge in [0, 0.05) is 12.7 Å². The van der Waals surface area contributed by atoms with E-state index in [1.807, 2.05) is 24.4 Å².